The Morgan fingerprint density at radius 2 is 1.34 bits per heavy atom. The van der Waals surface area contributed by atoms with Crippen LogP contribution in [0.3, 0.4) is 0 Å². The number of rotatable bonds is 20. The van der Waals surface area contributed by atoms with Crippen molar-refractivity contribution in [3.05, 3.63) is 64.1 Å². The van der Waals surface area contributed by atoms with E-state index in [9.17, 15) is 9.59 Å². The van der Waals surface area contributed by atoms with Crippen LogP contribution in [0.15, 0.2) is 58.1 Å². The summed E-state index contributed by atoms with van der Waals surface area (Å²) in [5.41, 5.74) is 3.87. The van der Waals surface area contributed by atoms with Crippen molar-refractivity contribution in [2.24, 2.45) is 5.10 Å². The topological polar surface area (TPSA) is 67.8 Å². The molecule has 2 rings (SSSR count). The van der Waals surface area contributed by atoms with Crippen LogP contribution in [0.2, 0.25) is 0 Å². The molecule has 0 heterocycles. The molecule has 0 aliphatic carbocycles. The number of ether oxygens (including phenoxy) is 1. The molecule has 0 aliphatic rings. The number of hydrazone groups is 1. The van der Waals surface area contributed by atoms with E-state index in [1.54, 1.807) is 48.7 Å². The fourth-order valence-electron chi connectivity index (χ4n) is 4.29. The monoisotopic (exact) mass is 584 g/mol. The van der Waals surface area contributed by atoms with Crippen molar-refractivity contribution >= 4 is 34.0 Å². The maximum Gasteiger partial charge on any atom is 0.343 e. The van der Waals surface area contributed by atoms with Crippen LogP contribution in [0.1, 0.15) is 126 Å². The lowest BCUT2D eigenvalue weighted by Crippen LogP contribution is -2.16. The summed E-state index contributed by atoms with van der Waals surface area (Å²) in [6.45, 7) is 2.27. The van der Waals surface area contributed by atoms with Gasteiger partial charge in [0, 0.05) is 10.9 Å². The number of unbranched alkanes of at least 4 members (excludes halogenated alkanes) is 14. The highest BCUT2D eigenvalue weighted by molar-refractivity contribution is 9.10. The molecule has 208 valence electrons. The number of amides is 1. The van der Waals surface area contributed by atoms with Gasteiger partial charge in [0.1, 0.15) is 5.75 Å². The Morgan fingerprint density at radius 3 is 1.89 bits per heavy atom. The summed E-state index contributed by atoms with van der Waals surface area (Å²) in [6.07, 6.45) is 21.7. The smallest absolute Gasteiger partial charge is 0.343 e. The van der Waals surface area contributed by atoms with Gasteiger partial charge in [0.15, 0.2) is 0 Å². The molecule has 0 fully saturated rings. The molecule has 0 radical (unpaired) electrons. The molecule has 5 nitrogen and oxygen atoms in total. The lowest BCUT2D eigenvalue weighted by Gasteiger charge is -2.05. The zero-order valence-electron chi connectivity index (χ0n) is 23.1. The van der Waals surface area contributed by atoms with E-state index in [1.165, 1.54) is 83.5 Å². The second-order valence-corrected chi connectivity index (χ2v) is 10.9. The SMILES string of the molecule is CCCCCCCCCCCCCCCCCC(=O)N/N=C/c1ccc(OC(=O)c2cccc(Br)c2)cc1. The van der Waals surface area contributed by atoms with Gasteiger partial charge in [-0.1, -0.05) is 119 Å². The predicted octanol–water partition coefficient (Wildman–Crippen LogP) is 9.38. The first-order chi connectivity index (χ1) is 18.6. The molecule has 2 aromatic carbocycles. The van der Waals surface area contributed by atoms with Crippen molar-refractivity contribution in [1.82, 2.24) is 5.43 Å². The molecule has 2 aromatic rings. The molecular formula is C32H45BrN2O3. The summed E-state index contributed by atoms with van der Waals surface area (Å²) in [5, 5.41) is 4.04. The number of carbonyl (C=O) groups is 2. The fraction of sp³-hybridized carbons (Fsp3) is 0.531. The average Bonchev–Trinajstić information content (AvgIpc) is 2.92. The molecule has 0 unspecified atom stereocenters. The van der Waals surface area contributed by atoms with Crippen LogP contribution >= 0.6 is 15.9 Å². The summed E-state index contributed by atoms with van der Waals surface area (Å²) in [4.78, 5) is 24.2. The maximum atomic E-state index is 12.2. The van der Waals surface area contributed by atoms with Crippen LogP contribution in [-0.2, 0) is 4.79 Å². The molecule has 0 aliphatic heterocycles. The highest BCUT2D eigenvalue weighted by atomic mass is 79.9. The number of nitrogens with zero attached hydrogens (tertiary/aromatic N) is 1. The Kier molecular flexibility index (Phi) is 17.1. The van der Waals surface area contributed by atoms with E-state index in [0.29, 0.717) is 17.7 Å². The molecule has 0 spiro atoms. The number of halogens is 1. The molecule has 6 heteroatoms. The Bertz CT molecular complexity index is 959. The Hall–Kier alpha value is -2.47. The van der Waals surface area contributed by atoms with E-state index in [2.05, 4.69) is 33.4 Å². The van der Waals surface area contributed by atoms with Gasteiger partial charge in [0.25, 0.3) is 0 Å². The highest BCUT2D eigenvalue weighted by Crippen LogP contribution is 2.17. The van der Waals surface area contributed by atoms with E-state index in [-0.39, 0.29) is 5.91 Å². The van der Waals surface area contributed by atoms with Crippen molar-refractivity contribution in [1.29, 1.82) is 0 Å². The molecule has 0 bridgehead atoms. The van der Waals surface area contributed by atoms with Crippen LogP contribution in [0.4, 0.5) is 0 Å². The first-order valence-corrected chi connectivity index (χ1v) is 15.3. The number of esters is 1. The second-order valence-electron chi connectivity index (χ2n) is 9.96. The molecular weight excluding hydrogens is 540 g/mol. The number of benzene rings is 2. The molecule has 1 amide bonds. The van der Waals surface area contributed by atoms with Gasteiger partial charge in [-0.25, -0.2) is 10.2 Å². The minimum absolute atomic E-state index is 0.0597. The average molecular weight is 586 g/mol. The number of nitrogens with one attached hydrogen (secondary N) is 1. The summed E-state index contributed by atoms with van der Waals surface area (Å²) in [6, 6.07) is 14.0. The van der Waals surface area contributed by atoms with Crippen molar-refractivity contribution in [3.63, 3.8) is 0 Å². The number of carbonyl (C=O) groups excluding carboxylic acids is 2. The summed E-state index contributed by atoms with van der Waals surface area (Å²) in [5.74, 6) is -0.0290. The molecule has 38 heavy (non-hydrogen) atoms. The van der Waals surface area contributed by atoms with Crippen molar-refractivity contribution in [2.75, 3.05) is 0 Å². The van der Waals surface area contributed by atoms with Crippen LogP contribution in [0, 0.1) is 0 Å². The molecule has 0 aromatic heterocycles. The summed E-state index contributed by atoms with van der Waals surface area (Å²) in [7, 11) is 0. The summed E-state index contributed by atoms with van der Waals surface area (Å²) >= 11 is 3.35. The largest absolute Gasteiger partial charge is 0.423 e. The maximum absolute atomic E-state index is 12.2. The molecule has 0 saturated carbocycles. The minimum Gasteiger partial charge on any atom is -0.423 e. The van der Waals surface area contributed by atoms with Gasteiger partial charge in [-0.2, -0.15) is 5.10 Å². The molecule has 1 N–H and O–H groups in total. The minimum atomic E-state index is -0.418. The van der Waals surface area contributed by atoms with E-state index in [1.807, 2.05) is 6.07 Å². The zero-order valence-corrected chi connectivity index (χ0v) is 24.6. The van der Waals surface area contributed by atoms with Gasteiger partial charge in [0.2, 0.25) is 5.91 Å². The van der Waals surface area contributed by atoms with Gasteiger partial charge >= 0.3 is 5.97 Å². The second kappa shape index (κ2) is 20.5. The zero-order chi connectivity index (χ0) is 27.3. The lowest BCUT2D eigenvalue weighted by molar-refractivity contribution is -0.121. The van der Waals surface area contributed by atoms with Crippen molar-refractivity contribution < 1.29 is 14.3 Å². The van der Waals surface area contributed by atoms with Gasteiger partial charge in [-0.3, -0.25) is 4.79 Å². The normalized spacial score (nSPS) is 11.1. The first-order valence-electron chi connectivity index (χ1n) is 14.5. The van der Waals surface area contributed by atoms with Gasteiger partial charge in [0.05, 0.1) is 11.8 Å². The van der Waals surface area contributed by atoms with Crippen LogP contribution in [0.5, 0.6) is 5.75 Å². The molecule has 0 atom stereocenters. The Labute approximate surface area is 238 Å². The van der Waals surface area contributed by atoms with Gasteiger partial charge in [-0.05, 0) is 54.4 Å². The van der Waals surface area contributed by atoms with Crippen molar-refractivity contribution in [3.8, 4) is 5.75 Å². The summed E-state index contributed by atoms with van der Waals surface area (Å²) < 4.78 is 6.22. The Balaban J connectivity index is 1.46. The van der Waals surface area contributed by atoms with Crippen LogP contribution in [-0.4, -0.2) is 18.1 Å². The van der Waals surface area contributed by atoms with E-state index >= 15 is 0 Å². The fourth-order valence-corrected chi connectivity index (χ4v) is 4.69. The molecule has 0 saturated heterocycles. The third-order valence-corrected chi connectivity index (χ3v) is 7.05. The predicted molar refractivity (Wildman–Crippen MR) is 161 cm³/mol. The quantitative estimate of drug-likeness (QED) is 0.0553. The van der Waals surface area contributed by atoms with Crippen molar-refractivity contribution in [2.45, 2.75) is 110 Å². The van der Waals surface area contributed by atoms with E-state index in [0.717, 1.165) is 22.9 Å². The van der Waals surface area contributed by atoms with Crippen LogP contribution < -0.4 is 10.2 Å². The standard InChI is InChI=1S/C32H45BrN2O3/c1-2-3-4-5-6-7-8-9-10-11-12-13-14-15-16-20-31(36)35-34-26-27-21-23-30(24-22-27)38-32(37)28-18-17-19-29(33)25-28/h17-19,21-26H,2-16,20H2,1H3,(H,35,36)/b34-26+. The Morgan fingerprint density at radius 1 is 0.789 bits per heavy atom. The number of hydrogen-bond donors (Lipinski definition) is 1. The third-order valence-electron chi connectivity index (χ3n) is 6.56. The lowest BCUT2D eigenvalue weighted by atomic mass is 10.0. The van der Waals surface area contributed by atoms with E-state index < -0.39 is 5.97 Å². The number of hydrogen-bond acceptors (Lipinski definition) is 4. The first kappa shape index (κ1) is 31.7. The third kappa shape index (κ3) is 15.1. The van der Waals surface area contributed by atoms with Gasteiger partial charge in [-0.15, -0.1) is 0 Å². The highest BCUT2D eigenvalue weighted by Gasteiger charge is 2.08. The van der Waals surface area contributed by atoms with E-state index in [4.69, 9.17) is 4.74 Å². The van der Waals surface area contributed by atoms with Gasteiger partial charge < -0.3 is 4.74 Å². The van der Waals surface area contributed by atoms with Crippen LogP contribution in [0.25, 0.3) is 0 Å².